The number of nitrogens with zero attached hydrogens (tertiary/aromatic N) is 1. The van der Waals surface area contributed by atoms with Gasteiger partial charge in [-0.2, -0.15) is 5.26 Å². The summed E-state index contributed by atoms with van der Waals surface area (Å²) in [6.45, 7) is 3.24. The van der Waals surface area contributed by atoms with Crippen LogP contribution in [0, 0.1) is 11.3 Å². The van der Waals surface area contributed by atoms with Crippen LogP contribution in [0.1, 0.15) is 25.8 Å². The largest absolute Gasteiger partial charge is 0.393 e. The van der Waals surface area contributed by atoms with E-state index in [-0.39, 0.29) is 9.92 Å². The van der Waals surface area contributed by atoms with Crippen LogP contribution in [0.4, 0.5) is 0 Å². The molecule has 0 aromatic heterocycles. The van der Waals surface area contributed by atoms with E-state index >= 15 is 0 Å². The highest BCUT2D eigenvalue weighted by Gasteiger charge is 2.21. The maximum absolute atomic E-state index is 12.1. The van der Waals surface area contributed by atoms with E-state index in [1.165, 1.54) is 18.2 Å². The first-order valence-corrected chi connectivity index (χ1v) is 7.52. The molecule has 0 amide bonds. The molecule has 1 rings (SSSR count). The van der Waals surface area contributed by atoms with Gasteiger partial charge >= 0.3 is 0 Å². The van der Waals surface area contributed by atoms with Gasteiger partial charge in [0, 0.05) is 6.04 Å². The van der Waals surface area contributed by atoms with E-state index in [0.717, 1.165) is 0 Å². The van der Waals surface area contributed by atoms with E-state index in [9.17, 15) is 13.5 Å². The highest BCUT2D eigenvalue weighted by atomic mass is 35.5. The second-order valence-corrected chi connectivity index (χ2v) is 6.45. The molecular formula is C12H15ClN2O3S. The van der Waals surface area contributed by atoms with E-state index in [2.05, 4.69) is 4.72 Å². The van der Waals surface area contributed by atoms with Gasteiger partial charge in [-0.25, -0.2) is 13.1 Å². The molecule has 0 aliphatic heterocycles. The first-order valence-electron chi connectivity index (χ1n) is 5.66. The van der Waals surface area contributed by atoms with Crippen molar-refractivity contribution in [2.75, 3.05) is 0 Å². The molecule has 2 unspecified atom stereocenters. The second-order valence-electron chi connectivity index (χ2n) is 4.36. The van der Waals surface area contributed by atoms with Crippen LogP contribution in [0.2, 0.25) is 5.02 Å². The molecule has 1 aromatic carbocycles. The quantitative estimate of drug-likeness (QED) is 0.865. The van der Waals surface area contributed by atoms with Gasteiger partial charge in [0.05, 0.1) is 22.8 Å². The minimum Gasteiger partial charge on any atom is -0.393 e. The smallest absolute Gasteiger partial charge is 0.242 e. The van der Waals surface area contributed by atoms with E-state index < -0.39 is 22.2 Å². The molecule has 0 fully saturated rings. The molecule has 0 radical (unpaired) electrons. The number of hydrogen-bond acceptors (Lipinski definition) is 4. The first-order chi connectivity index (χ1) is 8.76. The maximum atomic E-state index is 12.1. The molecule has 0 aliphatic rings. The van der Waals surface area contributed by atoms with E-state index in [0.29, 0.717) is 12.0 Å². The number of nitriles is 1. The van der Waals surface area contributed by atoms with Gasteiger partial charge < -0.3 is 5.11 Å². The van der Waals surface area contributed by atoms with Gasteiger partial charge in [0.1, 0.15) is 4.90 Å². The van der Waals surface area contributed by atoms with Crippen LogP contribution in [0.5, 0.6) is 0 Å². The van der Waals surface area contributed by atoms with Crippen LogP contribution < -0.4 is 4.72 Å². The monoisotopic (exact) mass is 302 g/mol. The highest BCUT2D eigenvalue weighted by Crippen LogP contribution is 2.22. The zero-order valence-corrected chi connectivity index (χ0v) is 12.2. The van der Waals surface area contributed by atoms with Crippen LogP contribution in [0.3, 0.4) is 0 Å². The van der Waals surface area contributed by atoms with Gasteiger partial charge in [-0.15, -0.1) is 0 Å². The lowest BCUT2D eigenvalue weighted by molar-refractivity contribution is 0.175. The number of halogens is 1. The molecule has 2 atom stereocenters. The fourth-order valence-corrected chi connectivity index (χ4v) is 3.48. The van der Waals surface area contributed by atoms with E-state index in [4.69, 9.17) is 16.9 Å². The van der Waals surface area contributed by atoms with Crippen molar-refractivity contribution in [2.45, 2.75) is 37.3 Å². The number of benzene rings is 1. The lowest BCUT2D eigenvalue weighted by Crippen LogP contribution is -2.34. The number of rotatable bonds is 5. The highest BCUT2D eigenvalue weighted by molar-refractivity contribution is 7.89. The van der Waals surface area contributed by atoms with Gasteiger partial charge in [-0.3, -0.25) is 0 Å². The van der Waals surface area contributed by atoms with Crippen molar-refractivity contribution in [3.63, 3.8) is 0 Å². The molecule has 5 nitrogen and oxygen atoms in total. The molecule has 0 heterocycles. The van der Waals surface area contributed by atoms with Crippen LogP contribution in [0.25, 0.3) is 0 Å². The van der Waals surface area contributed by atoms with Gasteiger partial charge in [0.25, 0.3) is 0 Å². The Hall–Kier alpha value is -1.13. The average molecular weight is 303 g/mol. The lowest BCUT2D eigenvalue weighted by atomic mass is 10.2. The minimum atomic E-state index is -3.76. The lowest BCUT2D eigenvalue weighted by Gasteiger charge is -2.16. The summed E-state index contributed by atoms with van der Waals surface area (Å²) in [7, 11) is -3.76. The summed E-state index contributed by atoms with van der Waals surface area (Å²) in [5.74, 6) is 0. The Morgan fingerprint density at radius 1 is 1.47 bits per heavy atom. The maximum Gasteiger partial charge on any atom is 0.242 e. The standard InChI is InChI=1S/C12H15ClN2O3S/c1-8(5-9(2)16)15-19(17,18)12-4-3-10(7-14)6-11(12)13/h3-4,6,8-9,15-16H,5H2,1-2H3. The number of aliphatic hydroxyl groups excluding tert-OH is 1. The summed E-state index contributed by atoms with van der Waals surface area (Å²) in [5, 5.41) is 17.9. The first kappa shape index (κ1) is 15.9. The summed E-state index contributed by atoms with van der Waals surface area (Å²) in [6, 6.07) is 5.44. The van der Waals surface area contributed by atoms with Gasteiger partial charge in [0.2, 0.25) is 10.0 Å². The van der Waals surface area contributed by atoms with Crippen molar-refractivity contribution in [3.8, 4) is 6.07 Å². The van der Waals surface area contributed by atoms with E-state index in [1.54, 1.807) is 13.8 Å². The summed E-state index contributed by atoms with van der Waals surface area (Å²) in [6.07, 6.45) is -0.304. The zero-order valence-electron chi connectivity index (χ0n) is 10.6. The van der Waals surface area contributed by atoms with Crippen LogP contribution in [0.15, 0.2) is 23.1 Å². The normalized spacial score (nSPS) is 14.7. The Kier molecular flexibility index (Phi) is 5.32. The third kappa shape index (κ3) is 4.48. The fraction of sp³-hybridized carbons (Fsp3) is 0.417. The summed E-state index contributed by atoms with van der Waals surface area (Å²) in [4.78, 5) is -0.0781. The fourth-order valence-electron chi connectivity index (χ4n) is 1.68. The number of hydrogen-bond donors (Lipinski definition) is 2. The summed E-state index contributed by atoms with van der Waals surface area (Å²) in [5.41, 5.74) is 0.293. The Morgan fingerprint density at radius 3 is 2.58 bits per heavy atom. The summed E-state index contributed by atoms with van der Waals surface area (Å²) < 4.78 is 26.6. The minimum absolute atomic E-state index is 0.00389. The van der Waals surface area contributed by atoms with Crippen molar-refractivity contribution in [1.82, 2.24) is 4.72 Å². The molecule has 0 saturated carbocycles. The zero-order chi connectivity index (χ0) is 14.6. The average Bonchev–Trinajstić information content (AvgIpc) is 2.26. The van der Waals surface area contributed by atoms with E-state index in [1.807, 2.05) is 6.07 Å². The van der Waals surface area contributed by atoms with Crippen molar-refractivity contribution in [2.24, 2.45) is 0 Å². The predicted molar refractivity (Wildman–Crippen MR) is 72.2 cm³/mol. The third-order valence-corrected chi connectivity index (χ3v) is 4.47. The van der Waals surface area contributed by atoms with Crippen molar-refractivity contribution < 1.29 is 13.5 Å². The van der Waals surface area contributed by atoms with Crippen LogP contribution in [-0.2, 0) is 10.0 Å². The molecule has 0 spiro atoms. The molecule has 0 bridgehead atoms. The molecule has 104 valence electrons. The topological polar surface area (TPSA) is 90.2 Å². The van der Waals surface area contributed by atoms with Crippen molar-refractivity contribution >= 4 is 21.6 Å². The third-order valence-electron chi connectivity index (χ3n) is 2.40. The predicted octanol–water partition coefficient (Wildman–Crippen LogP) is 1.65. The number of sulfonamides is 1. The number of nitrogens with one attached hydrogen (secondary N) is 1. The molecule has 19 heavy (non-hydrogen) atoms. The molecule has 7 heteroatoms. The molecule has 0 aliphatic carbocycles. The SMILES string of the molecule is CC(O)CC(C)NS(=O)(=O)c1ccc(C#N)cc1Cl. The molecule has 2 N–H and O–H groups in total. The van der Waals surface area contributed by atoms with Crippen molar-refractivity contribution in [3.05, 3.63) is 28.8 Å². The Bertz CT molecular complexity index is 593. The van der Waals surface area contributed by atoms with Gasteiger partial charge in [-0.05, 0) is 38.5 Å². The Labute approximate surface area is 117 Å². The van der Waals surface area contributed by atoms with Crippen molar-refractivity contribution in [1.29, 1.82) is 5.26 Å². The van der Waals surface area contributed by atoms with Gasteiger partial charge in [0.15, 0.2) is 0 Å². The molecule has 0 saturated heterocycles. The van der Waals surface area contributed by atoms with Gasteiger partial charge in [-0.1, -0.05) is 11.6 Å². The van der Waals surface area contributed by atoms with Crippen LogP contribution >= 0.6 is 11.6 Å². The second kappa shape index (κ2) is 6.35. The number of aliphatic hydroxyl groups is 1. The molecular weight excluding hydrogens is 288 g/mol. The Morgan fingerprint density at radius 2 is 2.11 bits per heavy atom. The molecule has 1 aromatic rings. The summed E-state index contributed by atoms with van der Waals surface area (Å²) >= 11 is 5.86. The Balaban J connectivity index is 2.98. The van der Waals surface area contributed by atoms with Crippen LogP contribution in [-0.4, -0.2) is 25.7 Å².